The molecule has 1 saturated heterocycles. The van der Waals surface area contributed by atoms with E-state index in [2.05, 4.69) is 5.32 Å². The van der Waals surface area contributed by atoms with Gasteiger partial charge in [0.1, 0.15) is 30.2 Å². The minimum absolute atomic E-state index is 0.183. The lowest BCUT2D eigenvalue weighted by Gasteiger charge is -2.39. The smallest absolute Gasteiger partial charge is 0.251 e. The Morgan fingerprint density at radius 2 is 1.83 bits per heavy atom. The normalized spacial score (nSPS) is 26.8. The quantitative estimate of drug-likeness (QED) is 0.475. The van der Waals surface area contributed by atoms with Gasteiger partial charge in [-0.1, -0.05) is 29.8 Å². The van der Waals surface area contributed by atoms with E-state index in [1.165, 1.54) is 0 Å². The van der Waals surface area contributed by atoms with Gasteiger partial charge in [0, 0.05) is 12.6 Å². The number of aliphatic hydroxyl groups excluding tert-OH is 4. The number of benzene rings is 2. The van der Waals surface area contributed by atoms with Crippen LogP contribution in [0.4, 0.5) is 0 Å². The maximum absolute atomic E-state index is 11.8. The first-order valence-corrected chi connectivity index (χ1v) is 9.32. The first-order chi connectivity index (χ1) is 13.8. The zero-order valence-corrected chi connectivity index (χ0v) is 16.3. The summed E-state index contributed by atoms with van der Waals surface area (Å²) < 4.78 is 10.9. The molecule has 1 aliphatic heterocycles. The summed E-state index contributed by atoms with van der Waals surface area (Å²) in [5.74, 6) is -0.0253. The van der Waals surface area contributed by atoms with Crippen LogP contribution in [0.1, 0.15) is 10.4 Å². The molecular formula is C20H22ClNO7. The van der Waals surface area contributed by atoms with E-state index in [9.17, 15) is 25.2 Å². The van der Waals surface area contributed by atoms with Gasteiger partial charge in [0.2, 0.25) is 6.29 Å². The van der Waals surface area contributed by atoms with Crippen molar-refractivity contribution >= 4 is 17.5 Å². The third-order valence-corrected chi connectivity index (χ3v) is 5.00. The van der Waals surface area contributed by atoms with Crippen molar-refractivity contribution in [2.75, 3.05) is 13.7 Å². The molecule has 1 fully saturated rings. The van der Waals surface area contributed by atoms with Gasteiger partial charge >= 0.3 is 0 Å². The highest BCUT2D eigenvalue weighted by Gasteiger charge is 2.44. The van der Waals surface area contributed by atoms with Crippen LogP contribution in [0.3, 0.4) is 0 Å². The highest BCUT2D eigenvalue weighted by molar-refractivity contribution is 6.32. The molecule has 8 nitrogen and oxygen atoms in total. The first-order valence-electron chi connectivity index (χ1n) is 8.95. The molecule has 0 spiro atoms. The minimum atomic E-state index is -1.54. The van der Waals surface area contributed by atoms with E-state index in [0.717, 1.165) is 11.1 Å². The van der Waals surface area contributed by atoms with E-state index in [4.69, 9.17) is 21.1 Å². The molecule has 1 aliphatic rings. The third-order valence-electron chi connectivity index (χ3n) is 4.71. The Balaban J connectivity index is 1.81. The molecule has 9 heteroatoms. The van der Waals surface area contributed by atoms with Crippen LogP contribution < -0.4 is 10.1 Å². The molecular weight excluding hydrogens is 402 g/mol. The average molecular weight is 424 g/mol. The fourth-order valence-electron chi connectivity index (χ4n) is 3.05. The highest BCUT2D eigenvalue weighted by atomic mass is 35.5. The van der Waals surface area contributed by atoms with Crippen LogP contribution in [-0.4, -0.2) is 70.7 Å². The molecule has 5 N–H and O–H groups in total. The zero-order chi connectivity index (χ0) is 21.1. The highest BCUT2D eigenvalue weighted by Crippen LogP contribution is 2.33. The Morgan fingerprint density at radius 3 is 2.48 bits per heavy atom. The second-order valence-corrected chi connectivity index (χ2v) is 7.03. The van der Waals surface area contributed by atoms with E-state index >= 15 is 0 Å². The van der Waals surface area contributed by atoms with Crippen LogP contribution in [0.15, 0.2) is 42.5 Å². The maximum Gasteiger partial charge on any atom is 0.251 e. The Morgan fingerprint density at radius 1 is 1.10 bits per heavy atom. The molecule has 0 saturated carbocycles. The van der Waals surface area contributed by atoms with Crippen molar-refractivity contribution in [1.29, 1.82) is 0 Å². The van der Waals surface area contributed by atoms with Crippen molar-refractivity contribution in [3.63, 3.8) is 0 Å². The molecule has 0 aromatic heterocycles. The van der Waals surface area contributed by atoms with Crippen LogP contribution in [0.25, 0.3) is 11.1 Å². The first kappa shape index (κ1) is 21.5. The molecule has 0 radical (unpaired) electrons. The molecule has 5 atom stereocenters. The summed E-state index contributed by atoms with van der Waals surface area (Å²) in [6.07, 6.45) is -6.96. The lowest BCUT2D eigenvalue weighted by molar-refractivity contribution is -0.277. The van der Waals surface area contributed by atoms with Crippen LogP contribution in [0.2, 0.25) is 5.02 Å². The fourth-order valence-corrected chi connectivity index (χ4v) is 3.28. The van der Waals surface area contributed by atoms with Crippen LogP contribution >= 0.6 is 11.6 Å². The predicted octanol–water partition coefficient (Wildman–Crippen LogP) is 0.545. The Hall–Kier alpha value is -2.20. The largest absolute Gasteiger partial charge is 0.460 e. The van der Waals surface area contributed by atoms with Gasteiger partial charge in [-0.3, -0.25) is 4.79 Å². The second kappa shape index (κ2) is 9.08. The molecule has 3 rings (SSSR count). The molecule has 2 unspecified atom stereocenters. The van der Waals surface area contributed by atoms with E-state index in [0.29, 0.717) is 5.56 Å². The van der Waals surface area contributed by atoms with E-state index in [-0.39, 0.29) is 16.7 Å². The van der Waals surface area contributed by atoms with Crippen LogP contribution in [0.5, 0.6) is 5.75 Å². The summed E-state index contributed by atoms with van der Waals surface area (Å²) >= 11 is 6.31. The summed E-state index contributed by atoms with van der Waals surface area (Å²) in [6.45, 7) is -0.556. The summed E-state index contributed by atoms with van der Waals surface area (Å²) in [6, 6.07) is 11.9. The van der Waals surface area contributed by atoms with E-state index in [1.807, 2.05) is 6.07 Å². The summed E-state index contributed by atoms with van der Waals surface area (Å²) in [5, 5.41) is 41.8. The topological polar surface area (TPSA) is 128 Å². The summed E-state index contributed by atoms with van der Waals surface area (Å²) in [4.78, 5) is 11.8. The maximum atomic E-state index is 11.8. The summed E-state index contributed by atoms with van der Waals surface area (Å²) in [5.41, 5.74) is 2.01. The Bertz CT molecular complexity index is 876. The minimum Gasteiger partial charge on any atom is -0.460 e. The van der Waals surface area contributed by atoms with Gasteiger partial charge in [0.15, 0.2) is 0 Å². The van der Waals surface area contributed by atoms with Crippen LogP contribution in [-0.2, 0) is 4.74 Å². The van der Waals surface area contributed by atoms with Gasteiger partial charge in [-0.15, -0.1) is 0 Å². The number of nitrogens with one attached hydrogen (secondary N) is 1. The van der Waals surface area contributed by atoms with Gasteiger partial charge in [0.25, 0.3) is 5.91 Å². The third kappa shape index (κ3) is 4.53. The number of hydrogen-bond acceptors (Lipinski definition) is 7. The van der Waals surface area contributed by atoms with Crippen molar-refractivity contribution in [2.24, 2.45) is 0 Å². The predicted molar refractivity (Wildman–Crippen MR) is 105 cm³/mol. The second-order valence-electron chi connectivity index (χ2n) is 6.62. The van der Waals surface area contributed by atoms with Gasteiger partial charge in [0.05, 0.1) is 11.6 Å². The summed E-state index contributed by atoms with van der Waals surface area (Å²) in [7, 11) is 1.55. The molecule has 29 heavy (non-hydrogen) atoms. The van der Waals surface area contributed by atoms with Gasteiger partial charge in [-0.2, -0.15) is 0 Å². The molecule has 1 amide bonds. The van der Waals surface area contributed by atoms with Crippen molar-refractivity contribution < 1.29 is 34.7 Å². The monoisotopic (exact) mass is 423 g/mol. The molecule has 156 valence electrons. The number of halogens is 1. The van der Waals surface area contributed by atoms with Crippen molar-refractivity contribution in [3.05, 3.63) is 53.1 Å². The van der Waals surface area contributed by atoms with E-state index < -0.39 is 37.3 Å². The Labute approximate surface area is 172 Å². The van der Waals surface area contributed by atoms with Crippen LogP contribution in [0, 0.1) is 0 Å². The van der Waals surface area contributed by atoms with Crippen molar-refractivity contribution in [3.8, 4) is 16.9 Å². The van der Waals surface area contributed by atoms with Gasteiger partial charge in [-0.05, 0) is 35.4 Å². The van der Waals surface area contributed by atoms with Crippen molar-refractivity contribution in [2.45, 2.75) is 30.7 Å². The lowest BCUT2D eigenvalue weighted by atomic mass is 9.99. The molecule has 2 aromatic carbocycles. The number of amides is 1. The van der Waals surface area contributed by atoms with Crippen molar-refractivity contribution in [1.82, 2.24) is 5.32 Å². The number of hydrogen-bond donors (Lipinski definition) is 5. The van der Waals surface area contributed by atoms with E-state index in [1.54, 1.807) is 43.4 Å². The molecule has 1 heterocycles. The fraction of sp³-hybridized carbons (Fsp3) is 0.350. The standard InChI is InChI=1S/C20H22ClNO7/c1-22-19(27)12-4-2-3-10(7-12)11-5-6-14(13(21)8-11)28-20-18(26)17(25)16(24)15(9-23)29-20/h2-8,15-18,20,23-26H,9H2,1H3,(H,22,27)/t15-,16-,17?,18?,20+/m1/s1. The van der Waals surface area contributed by atoms with Gasteiger partial charge < -0.3 is 35.2 Å². The van der Waals surface area contributed by atoms with Gasteiger partial charge in [-0.25, -0.2) is 0 Å². The molecule has 2 aromatic rings. The Kier molecular flexibility index (Phi) is 6.74. The molecule has 0 aliphatic carbocycles. The lowest BCUT2D eigenvalue weighted by Crippen LogP contribution is -2.60. The number of rotatable bonds is 5. The SMILES string of the molecule is CNC(=O)c1cccc(-c2ccc(O[C@H]3O[C@H](CO)[C@@H](O)C(O)C3O)c(Cl)c2)c1. The number of ether oxygens (including phenoxy) is 2. The number of carbonyl (C=O) groups excluding carboxylic acids is 1. The molecule has 0 bridgehead atoms. The average Bonchev–Trinajstić information content (AvgIpc) is 2.74. The number of carbonyl (C=O) groups is 1. The number of aliphatic hydroxyl groups is 4. The zero-order valence-electron chi connectivity index (χ0n) is 15.5.